The van der Waals surface area contributed by atoms with Gasteiger partial charge in [0, 0.05) is 30.3 Å². The molecule has 0 saturated heterocycles. The highest BCUT2D eigenvalue weighted by atomic mass is 32.1. The van der Waals surface area contributed by atoms with Crippen LogP contribution in [0.2, 0.25) is 0 Å². The van der Waals surface area contributed by atoms with Crippen LogP contribution < -0.4 is 10.6 Å². The molecule has 1 aliphatic heterocycles. The second-order valence-corrected chi connectivity index (χ2v) is 8.91. The SMILES string of the molecule is Cc1nnc(NC(=O)CN2CCc3nc(NC(=O)C4CCC4)sc3C2)s1. The Balaban J connectivity index is 1.32. The molecule has 0 bridgehead atoms. The van der Waals surface area contributed by atoms with Gasteiger partial charge in [-0.1, -0.05) is 17.8 Å². The van der Waals surface area contributed by atoms with Crippen molar-refractivity contribution in [3.05, 3.63) is 15.6 Å². The summed E-state index contributed by atoms with van der Waals surface area (Å²) in [6.45, 7) is 3.61. The zero-order valence-corrected chi connectivity index (χ0v) is 16.1. The smallest absolute Gasteiger partial charge is 0.240 e. The topological polar surface area (TPSA) is 100 Å². The second kappa shape index (κ2) is 7.37. The van der Waals surface area contributed by atoms with Gasteiger partial charge in [0.15, 0.2) is 5.13 Å². The van der Waals surface area contributed by atoms with E-state index in [9.17, 15) is 9.59 Å². The summed E-state index contributed by atoms with van der Waals surface area (Å²) < 4.78 is 0. The van der Waals surface area contributed by atoms with Crippen LogP contribution in [0.25, 0.3) is 0 Å². The van der Waals surface area contributed by atoms with Crippen LogP contribution in [-0.2, 0) is 22.6 Å². The summed E-state index contributed by atoms with van der Waals surface area (Å²) in [5, 5.41) is 15.6. The summed E-state index contributed by atoms with van der Waals surface area (Å²) >= 11 is 2.88. The molecule has 0 radical (unpaired) electrons. The van der Waals surface area contributed by atoms with Crippen molar-refractivity contribution in [1.82, 2.24) is 20.1 Å². The molecule has 2 aromatic heterocycles. The van der Waals surface area contributed by atoms with Crippen LogP contribution in [0.5, 0.6) is 0 Å². The van der Waals surface area contributed by atoms with Crippen LogP contribution in [-0.4, -0.2) is 45.0 Å². The van der Waals surface area contributed by atoms with E-state index in [0.717, 1.165) is 47.8 Å². The first-order valence-electron chi connectivity index (χ1n) is 8.68. The summed E-state index contributed by atoms with van der Waals surface area (Å²) in [6.07, 6.45) is 3.89. The Labute approximate surface area is 159 Å². The minimum atomic E-state index is -0.0902. The first-order chi connectivity index (χ1) is 12.6. The summed E-state index contributed by atoms with van der Waals surface area (Å²) in [4.78, 5) is 32.0. The van der Waals surface area contributed by atoms with E-state index >= 15 is 0 Å². The van der Waals surface area contributed by atoms with Crippen molar-refractivity contribution in [2.45, 2.75) is 39.2 Å². The number of rotatable bonds is 5. The van der Waals surface area contributed by atoms with Crippen LogP contribution in [0.15, 0.2) is 0 Å². The predicted octanol–water partition coefficient (Wildman–Crippen LogP) is 2.04. The Hall–Kier alpha value is -1.91. The number of carbonyl (C=O) groups excluding carboxylic acids is 2. The number of thiazole rings is 1. The van der Waals surface area contributed by atoms with E-state index in [2.05, 4.69) is 30.7 Å². The molecule has 1 saturated carbocycles. The van der Waals surface area contributed by atoms with Crippen LogP contribution in [0.1, 0.15) is 34.8 Å². The normalized spacial score (nSPS) is 17.4. The Kier molecular flexibility index (Phi) is 4.96. The Bertz CT molecular complexity index is 829. The fourth-order valence-corrected chi connectivity index (χ4v) is 4.69. The van der Waals surface area contributed by atoms with Crippen LogP contribution in [0.4, 0.5) is 10.3 Å². The molecule has 1 aliphatic carbocycles. The largest absolute Gasteiger partial charge is 0.302 e. The summed E-state index contributed by atoms with van der Waals surface area (Å²) in [7, 11) is 0. The highest BCUT2D eigenvalue weighted by molar-refractivity contribution is 7.16. The Morgan fingerprint density at radius 3 is 2.73 bits per heavy atom. The van der Waals surface area contributed by atoms with Crippen molar-refractivity contribution in [2.75, 3.05) is 23.7 Å². The number of aryl methyl sites for hydroxylation is 1. The molecule has 2 amide bonds. The molecule has 8 nitrogen and oxygen atoms in total. The fourth-order valence-electron chi connectivity index (χ4n) is 3.02. The molecule has 3 heterocycles. The molecule has 0 unspecified atom stereocenters. The molecule has 1 fully saturated rings. The van der Waals surface area contributed by atoms with Gasteiger partial charge in [0.25, 0.3) is 0 Å². The number of fused-ring (bicyclic) bond motifs is 1. The van der Waals surface area contributed by atoms with Gasteiger partial charge in [0.05, 0.1) is 12.2 Å². The van der Waals surface area contributed by atoms with Gasteiger partial charge >= 0.3 is 0 Å². The van der Waals surface area contributed by atoms with E-state index in [1.807, 2.05) is 6.92 Å². The molecule has 26 heavy (non-hydrogen) atoms. The van der Waals surface area contributed by atoms with Crippen LogP contribution >= 0.6 is 22.7 Å². The monoisotopic (exact) mass is 392 g/mol. The average molecular weight is 393 g/mol. The third-order valence-electron chi connectivity index (χ3n) is 4.66. The van der Waals surface area contributed by atoms with E-state index in [1.54, 1.807) is 0 Å². The number of amides is 2. The fraction of sp³-hybridized carbons (Fsp3) is 0.562. The number of aromatic nitrogens is 3. The molecule has 2 aromatic rings. The van der Waals surface area contributed by atoms with E-state index < -0.39 is 0 Å². The van der Waals surface area contributed by atoms with Crippen molar-refractivity contribution in [3.8, 4) is 0 Å². The lowest BCUT2D eigenvalue weighted by Crippen LogP contribution is -2.36. The first kappa shape index (κ1) is 17.5. The standard InChI is InChI=1S/C16H20N6O2S2/c1-9-20-21-16(25-9)18-13(23)8-22-6-5-11-12(7-22)26-15(17-11)19-14(24)10-3-2-4-10/h10H,2-8H2,1H3,(H,17,19,24)(H,18,21,23). The molecule has 2 aliphatic rings. The molecule has 138 valence electrons. The van der Waals surface area contributed by atoms with E-state index in [4.69, 9.17) is 0 Å². The molecule has 0 atom stereocenters. The molecule has 0 spiro atoms. The summed E-state index contributed by atoms with van der Waals surface area (Å²) in [6, 6.07) is 0. The highest BCUT2D eigenvalue weighted by Crippen LogP contribution is 2.31. The minimum Gasteiger partial charge on any atom is -0.302 e. The maximum Gasteiger partial charge on any atom is 0.240 e. The van der Waals surface area contributed by atoms with Gasteiger partial charge < -0.3 is 5.32 Å². The van der Waals surface area contributed by atoms with E-state index in [1.165, 1.54) is 22.7 Å². The third-order valence-corrected chi connectivity index (χ3v) is 6.41. The number of hydrogen-bond donors (Lipinski definition) is 2. The molecule has 10 heteroatoms. The number of carbonyl (C=O) groups is 2. The zero-order chi connectivity index (χ0) is 18.1. The van der Waals surface area contributed by atoms with Crippen LogP contribution in [0.3, 0.4) is 0 Å². The number of anilines is 2. The predicted molar refractivity (Wildman–Crippen MR) is 100 cm³/mol. The lowest BCUT2D eigenvalue weighted by atomic mass is 9.85. The molecular formula is C16H20N6O2S2. The number of nitrogens with one attached hydrogen (secondary N) is 2. The van der Waals surface area contributed by atoms with E-state index in [-0.39, 0.29) is 17.7 Å². The average Bonchev–Trinajstić information content (AvgIpc) is 3.10. The Morgan fingerprint density at radius 1 is 1.19 bits per heavy atom. The molecule has 0 aromatic carbocycles. The quantitative estimate of drug-likeness (QED) is 0.808. The van der Waals surface area contributed by atoms with Gasteiger partial charge in [-0.05, 0) is 19.8 Å². The van der Waals surface area contributed by atoms with Crippen molar-refractivity contribution < 1.29 is 9.59 Å². The number of nitrogens with zero attached hydrogens (tertiary/aromatic N) is 4. The van der Waals surface area contributed by atoms with Crippen molar-refractivity contribution in [2.24, 2.45) is 5.92 Å². The van der Waals surface area contributed by atoms with Crippen LogP contribution in [0, 0.1) is 12.8 Å². The van der Waals surface area contributed by atoms with E-state index in [0.29, 0.717) is 23.4 Å². The second-order valence-electron chi connectivity index (χ2n) is 6.64. The first-order valence-corrected chi connectivity index (χ1v) is 10.3. The zero-order valence-electron chi connectivity index (χ0n) is 14.4. The van der Waals surface area contributed by atoms with Gasteiger partial charge in [0.2, 0.25) is 16.9 Å². The molecule has 2 N–H and O–H groups in total. The van der Waals surface area contributed by atoms with Gasteiger partial charge in [0.1, 0.15) is 5.01 Å². The minimum absolute atomic E-state index is 0.0888. The maximum atomic E-state index is 12.2. The van der Waals surface area contributed by atoms with Gasteiger partial charge in [-0.15, -0.1) is 21.5 Å². The lowest BCUT2D eigenvalue weighted by molar-refractivity contribution is -0.122. The third kappa shape index (κ3) is 3.92. The highest BCUT2D eigenvalue weighted by Gasteiger charge is 2.27. The molecule has 4 rings (SSSR count). The van der Waals surface area contributed by atoms with Gasteiger partial charge in [-0.3, -0.25) is 19.8 Å². The van der Waals surface area contributed by atoms with Crippen molar-refractivity contribution in [1.29, 1.82) is 0 Å². The van der Waals surface area contributed by atoms with Gasteiger partial charge in [-0.2, -0.15) is 0 Å². The van der Waals surface area contributed by atoms with Gasteiger partial charge in [-0.25, -0.2) is 4.98 Å². The van der Waals surface area contributed by atoms with Crippen molar-refractivity contribution >= 4 is 44.8 Å². The lowest BCUT2D eigenvalue weighted by Gasteiger charge is -2.24. The van der Waals surface area contributed by atoms with Crippen molar-refractivity contribution in [3.63, 3.8) is 0 Å². The molecular weight excluding hydrogens is 372 g/mol. The summed E-state index contributed by atoms with van der Waals surface area (Å²) in [5.74, 6) is 0.152. The summed E-state index contributed by atoms with van der Waals surface area (Å²) in [5.41, 5.74) is 1.04. The Morgan fingerprint density at radius 2 is 2.04 bits per heavy atom. The maximum absolute atomic E-state index is 12.2. The number of hydrogen-bond acceptors (Lipinski definition) is 8.